The molecule has 0 atom stereocenters. The van der Waals surface area contributed by atoms with Crippen LogP contribution in [0.15, 0.2) is 42.5 Å². The maximum atomic E-state index is 12.9. The van der Waals surface area contributed by atoms with E-state index in [2.05, 4.69) is 0 Å². The van der Waals surface area contributed by atoms with E-state index in [0.29, 0.717) is 12.0 Å². The van der Waals surface area contributed by atoms with Gasteiger partial charge in [-0.15, -0.1) is 0 Å². The van der Waals surface area contributed by atoms with Gasteiger partial charge in [0.05, 0.1) is 5.56 Å². The Bertz CT molecular complexity index is 592. The van der Waals surface area contributed by atoms with Gasteiger partial charge in [0.1, 0.15) is 0 Å². The molecule has 0 saturated heterocycles. The predicted molar refractivity (Wildman–Crippen MR) is 79.4 cm³/mol. The van der Waals surface area contributed by atoms with E-state index in [1.54, 1.807) is 12.1 Å². The lowest BCUT2D eigenvalue weighted by Crippen LogP contribution is -2.09. The Morgan fingerprint density at radius 3 is 2.05 bits per heavy atom. The van der Waals surface area contributed by atoms with Crippen LogP contribution in [0.4, 0.5) is 13.2 Å². The van der Waals surface area contributed by atoms with Gasteiger partial charge in [-0.2, -0.15) is 13.2 Å². The molecule has 0 saturated carbocycles. The van der Waals surface area contributed by atoms with Crippen LogP contribution in [0.2, 0.25) is 0 Å². The van der Waals surface area contributed by atoms with Crippen LogP contribution in [-0.4, -0.2) is 0 Å². The zero-order valence-electron chi connectivity index (χ0n) is 12.3. The minimum Gasteiger partial charge on any atom is -0.166 e. The van der Waals surface area contributed by atoms with Gasteiger partial charge in [-0.05, 0) is 61.4 Å². The van der Waals surface area contributed by atoms with Gasteiger partial charge in [-0.3, -0.25) is 0 Å². The summed E-state index contributed by atoms with van der Waals surface area (Å²) in [7, 11) is 0. The number of aryl methyl sites for hydroxylation is 3. The first-order valence-electron chi connectivity index (χ1n) is 7.10. The van der Waals surface area contributed by atoms with Crippen molar-refractivity contribution in [2.75, 3.05) is 0 Å². The summed E-state index contributed by atoms with van der Waals surface area (Å²) in [6.07, 6.45) is -2.29. The third-order valence-electron chi connectivity index (χ3n) is 3.84. The van der Waals surface area contributed by atoms with Crippen molar-refractivity contribution in [3.05, 3.63) is 70.3 Å². The Morgan fingerprint density at radius 2 is 1.43 bits per heavy atom. The summed E-state index contributed by atoms with van der Waals surface area (Å²) in [4.78, 5) is 0. The molecular weight excluding hydrogens is 273 g/mol. The van der Waals surface area contributed by atoms with Gasteiger partial charge < -0.3 is 0 Å². The smallest absolute Gasteiger partial charge is 0.166 e. The average Bonchev–Trinajstić information content (AvgIpc) is 2.41. The number of alkyl halides is 3. The summed E-state index contributed by atoms with van der Waals surface area (Å²) in [5, 5.41) is 0. The molecule has 0 nitrogen and oxygen atoms in total. The van der Waals surface area contributed by atoms with Crippen molar-refractivity contribution >= 4 is 0 Å². The third kappa shape index (κ3) is 3.87. The number of rotatable bonds is 4. The summed E-state index contributed by atoms with van der Waals surface area (Å²) in [6.45, 7) is 4.10. The van der Waals surface area contributed by atoms with Crippen molar-refractivity contribution in [2.45, 2.75) is 39.3 Å². The van der Waals surface area contributed by atoms with E-state index < -0.39 is 11.7 Å². The van der Waals surface area contributed by atoms with Gasteiger partial charge >= 0.3 is 6.18 Å². The highest BCUT2D eigenvalue weighted by Gasteiger charge is 2.32. The first kappa shape index (κ1) is 15.6. The molecule has 0 bridgehead atoms. The zero-order chi connectivity index (χ0) is 15.5. The highest BCUT2D eigenvalue weighted by molar-refractivity contribution is 5.34. The zero-order valence-corrected chi connectivity index (χ0v) is 12.3. The van der Waals surface area contributed by atoms with Crippen LogP contribution < -0.4 is 0 Å². The fourth-order valence-electron chi connectivity index (χ4n) is 2.71. The molecule has 2 rings (SSSR count). The second kappa shape index (κ2) is 6.33. The van der Waals surface area contributed by atoms with Gasteiger partial charge in [0.15, 0.2) is 0 Å². The van der Waals surface area contributed by atoms with Gasteiger partial charge in [0.2, 0.25) is 0 Å². The molecule has 0 heterocycles. The van der Waals surface area contributed by atoms with Crippen molar-refractivity contribution in [1.29, 1.82) is 0 Å². The molecule has 3 heteroatoms. The molecule has 2 aromatic carbocycles. The quantitative estimate of drug-likeness (QED) is 0.698. The molecule has 112 valence electrons. The Hall–Kier alpha value is -1.77. The van der Waals surface area contributed by atoms with Gasteiger partial charge in [0.25, 0.3) is 0 Å². The normalized spacial score (nSPS) is 11.7. The fourth-order valence-corrected chi connectivity index (χ4v) is 2.71. The van der Waals surface area contributed by atoms with Crippen LogP contribution in [0.25, 0.3) is 0 Å². The standard InChI is InChI=1S/C18H19F3/c1-13-7-5-8-14(2)16(13)11-6-10-15-9-3-4-12-17(15)18(19,20)21/h3-5,7-9,12H,6,10-11H2,1-2H3. The summed E-state index contributed by atoms with van der Waals surface area (Å²) in [6, 6.07) is 12.0. The number of benzene rings is 2. The molecule has 0 amide bonds. The van der Waals surface area contributed by atoms with Gasteiger partial charge in [-0.25, -0.2) is 0 Å². The summed E-state index contributed by atoms with van der Waals surface area (Å²) in [5.41, 5.74) is 3.54. The highest BCUT2D eigenvalue weighted by Crippen LogP contribution is 2.32. The topological polar surface area (TPSA) is 0 Å². The molecule has 0 fully saturated rings. The van der Waals surface area contributed by atoms with Crippen molar-refractivity contribution in [3.63, 3.8) is 0 Å². The first-order valence-corrected chi connectivity index (χ1v) is 7.10. The largest absolute Gasteiger partial charge is 0.416 e. The fraction of sp³-hybridized carbons (Fsp3) is 0.333. The van der Waals surface area contributed by atoms with E-state index in [1.165, 1.54) is 22.8 Å². The maximum absolute atomic E-state index is 12.9. The van der Waals surface area contributed by atoms with Crippen LogP contribution in [0, 0.1) is 13.8 Å². The van der Waals surface area contributed by atoms with E-state index in [4.69, 9.17) is 0 Å². The molecule has 0 spiro atoms. The Morgan fingerprint density at radius 1 is 0.810 bits per heavy atom. The molecule has 2 aromatic rings. The molecular formula is C18H19F3. The van der Waals surface area contributed by atoms with Crippen molar-refractivity contribution in [1.82, 2.24) is 0 Å². The lowest BCUT2D eigenvalue weighted by atomic mass is 9.95. The van der Waals surface area contributed by atoms with Crippen molar-refractivity contribution in [2.24, 2.45) is 0 Å². The SMILES string of the molecule is Cc1cccc(C)c1CCCc1ccccc1C(F)(F)F. The maximum Gasteiger partial charge on any atom is 0.416 e. The minimum absolute atomic E-state index is 0.385. The molecule has 0 aliphatic heterocycles. The van der Waals surface area contributed by atoms with Crippen LogP contribution >= 0.6 is 0 Å². The Kier molecular flexibility index (Phi) is 4.71. The van der Waals surface area contributed by atoms with E-state index in [9.17, 15) is 13.2 Å². The lowest BCUT2D eigenvalue weighted by molar-refractivity contribution is -0.138. The molecule has 0 unspecified atom stereocenters. The minimum atomic E-state index is -4.27. The molecule has 0 aliphatic rings. The van der Waals surface area contributed by atoms with E-state index >= 15 is 0 Å². The van der Waals surface area contributed by atoms with Gasteiger partial charge in [-0.1, -0.05) is 36.4 Å². The van der Waals surface area contributed by atoms with Crippen molar-refractivity contribution < 1.29 is 13.2 Å². The third-order valence-corrected chi connectivity index (χ3v) is 3.84. The molecule has 0 aliphatic carbocycles. The van der Waals surface area contributed by atoms with Crippen molar-refractivity contribution in [3.8, 4) is 0 Å². The monoisotopic (exact) mass is 292 g/mol. The summed E-state index contributed by atoms with van der Waals surface area (Å²) >= 11 is 0. The number of halogens is 3. The molecule has 21 heavy (non-hydrogen) atoms. The summed E-state index contributed by atoms with van der Waals surface area (Å²) in [5.74, 6) is 0. The molecule has 0 N–H and O–H groups in total. The first-order chi connectivity index (χ1) is 9.89. The second-order valence-electron chi connectivity index (χ2n) is 5.38. The Balaban J connectivity index is 2.08. The van der Waals surface area contributed by atoms with Crippen LogP contribution in [0.1, 0.15) is 34.2 Å². The second-order valence-corrected chi connectivity index (χ2v) is 5.38. The van der Waals surface area contributed by atoms with Gasteiger partial charge in [0, 0.05) is 0 Å². The summed E-state index contributed by atoms with van der Waals surface area (Å²) < 4.78 is 38.8. The molecule has 0 aromatic heterocycles. The van der Waals surface area contributed by atoms with Crippen LogP contribution in [0.5, 0.6) is 0 Å². The van der Waals surface area contributed by atoms with E-state index in [0.717, 1.165) is 18.9 Å². The predicted octanol–water partition coefficient (Wildman–Crippen LogP) is 5.50. The van der Waals surface area contributed by atoms with E-state index in [1.807, 2.05) is 32.0 Å². The number of hydrogen-bond donors (Lipinski definition) is 0. The average molecular weight is 292 g/mol. The van der Waals surface area contributed by atoms with Crippen LogP contribution in [0.3, 0.4) is 0 Å². The van der Waals surface area contributed by atoms with Crippen LogP contribution in [-0.2, 0) is 19.0 Å². The van der Waals surface area contributed by atoms with E-state index in [-0.39, 0.29) is 0 Å². The Labute approximate surface area is 123 Å². The number of hydrogen-bond acceptors (Lipinski definition) is 0. The highest BCUT2D eigenvalue weighted by atomic mass is 19.4. The lowest BCUT2D eigenvalue weighted by Gasteiger charge is -2.13. The molecule has 0 radical (unpaired) electrons.